The number of benzene rings is 1. The molecule has 0 saturated heterocycles. The summed E-state index contributed by atoms with van der Waals surface area (Å²) >= 11 is 0. The highest BCUT2D eigenvalue weighted by Crippen LogP contribution is 2.16. The number of anilines is 1. The molecule has 0 amide bonds. The van der Waals surface area contributed by atoms with Gasteiger partial charge in [0.05, 0.1) is 0 Å². The maximum atomic E-state index is 12.3. The molecular weight excluding hydrogens is 266 g/mol. The average Bonchev–Trinajstić information content (AvgIpc) is 2.44. The van der Waals surface area contributed by atoms with Crippen molar-refractivity contribution in [2.45, 2.75) is 13.8 Å². The number of carboxylic acid groups (broad SMARTS) is 1. The Kier molecular flexibility index (Phi) is 5.91. The Morgan fingerprint density at radius 1 is 1.14 bits per heavy atom. The molecule has 0 spiro atoms. The van der Waals surface area contributed by atoms with Crippen molar-refractivity contribution >= 4 is 17.4 Å². The second kappa shape index (κ2) is 7.43. The number of Topliss-reactive ketones (excluding diaryl/α,β-unsaturated/α-hetero) is 1. The van der Waals surface area contributed by atoms with Crippen LogP contribution in [0.25, 0.3) is 0 Å². The van der Waals surface area contributed by atoms with Gasteiger partial charge in [0.25, 0.3) is 0 Å². The van der Waals surface area contributed by atoms with E-state index >= 15 is 0 Å². The molecule has 0 saturated carbocycles. The number of carboxylic acids is 1. The van der Waals surface area contributed by atoms with E-state index in [-0.39, 0.29) is 11.7 Å². The normalized spacial score (nSPS) is 13.2. The average molecular weight is 287 g/mol. The zero-order valence-electron chi connectivity index (χ0n) is 12.8. The molecule has 1 aromatic rings. The third-order valence-electron chi connectivity index (χ3n) is 3.08. The highest BCUT2D eigenvalue weighted by atomic mass is 16.4. The van der Waals surface area contributed by atoms with E-state index in [0.717, 1.165) is 17.3 Å². The minimum atomic E-state index is -0.999. The first-order valence-electron chi connectivity index (χ1n) is 6.72. The number of ketones is 1. The lowest BCUT2D eigenvalue weighted by Crippen LogP contribution is -2.11. The first-order valence-corrected chi connectivity index (χ1v) is 6.72. The smallest absolute Gasteiger partial charge is 0.328 e. The summed E-state index contributed by atoms with van der Waals surface area (Å²) in [6.45, 7) is 3.58. The number of aliphatic carboxylic acids is 1. The minimum absolute atomic E-state index is 0.0170. The van der Waals surface area contributed by atoms with E-state index in [0.29, 0.717) is 5.56 Å². The van der Waals surface area contributed by atoms with E-state index in [1.807, 2.05) is 43.3 Å². The van der Waals surface area contributed by atoms with Crippen molar-refractivity contribution in [2.24, 2.45) is 5.92 Å². The third kappa shape index (κ3) is 5.26. The fourth-order valence-electron chi connectivity index (χ4n) is 1.92. The van der Waals surface area contributed by atoms with Crippen molar-refractivity contribution in [3.63, 3.8) is 0 Å². The van der Waals surface area contributed by atoms with Gasteiger partial charge >= 0.3 is 5.97 Å². The van der Waals surface area contributed by atoms with E-state index < -0.39 is 5.97 Å². The summed E-state index contributed by atoms with van der Waals surface area (Å²) in [6.07, 6.45) is 4.32. The lowest BCUT2D eigenvalue weighted by atomic mass is 9.97. The van der Waals surface area contributed by atoms with Crippen molar-refractivity contribution in [1.29, 1.82) is 0 Å². The van der Waals surface area contributed by atoms with Crippen LogP contribution < -0.4 is 4.90 Å². The summed E-state index contributed by atoms with van der Waals surface area (Å²) in [4.78, 5) is 24.7. The van der Waals surface area contributed by atoms with Crippen LogP contribution in [0.3, 0.4) is 0 Å². The van der Waals surface area contributed by atoms with Crippen LogP contribution in [0.15, 0.2) is 48.1 Å². The summed E-state index contributed by atoms with van der Waals surface area (Å²) in [5, 5.41) is 8.57. The van der Waals surface area contributed by atoms with Gasteiger partial charge in [-0.25, -0.2) is 4.79 Å². The van der Waals surface area contributed by atoms with Crippen LogP contribution >= 0.6 is 0 Å². The quantitative estimate of drug-likeness (QED) is 0.496. The zero-order chi connectivity index (χ0) is 16.0. The van der Waals surface area contributed by atoms with Crippen LogP contribution in [-0.4, -0.2) is 31.0 Å². The van der Waals surface area contributed by atoms with Gasteiger partial charge in [0.1, 0.15) is 0 Å². The SMILES string of the molecule is CC(/C=C/C(=O)O)=C\C(C)C(=O)c1ccc(N(C)C)cc1. The molecule has 0 bridgehead atoms. The van der Waals surface area contributed by atoms with Crippen LogP contribution in [0.2, 0.25) is 0 Å². The second-order valence-electron chi connectivity index (χ2n) is 5.18. The highest BCUT2D eigenvalue weighted by molar-refractivity contribution is 5.99. The van der Waals surface area contributed by atoms with Gasteiger partial charge in [0, 0.05) is 37.3 Å². The Hall–Kier alpha value is -2.36. The Morgan fingerprint density at radius 2 is 1.71 bits per heavy atom. The van der Waals surface area contributed by atoms with Gasteiger partial charge < -0.3 is 10.0 Å². The van der Waals surface area contributed by atoms with Gasteiger partial charge in [-0.1, -0.05) is 24.6 Å². The number of hydrogen-bond acceptors (Lipinski definition) is 3. The van der Waals surface area contributed by atoms with E-state index in [9.17, 15) is 9.59 Å². The molecular formula is C17H21NO3. The Balaban J connectivity index is 2.82. The fraction of sp³-hybridized carbons (Fsp3) is 0.294. The first-order chi connectivity index (χ1) is 9.81. The number of allylic oxidation sites excluding steroid dienone is 3. The molecule has 1 N–H and O–H groups in total. The summed E-state index contributed by atoms with van der Waals surface area (Å²) < 4.78 is 0. The Bertz CT molecular complexity index is 568. The minimum Gasteiger partial charge on any atom is -0.478 e. The standard InChI is InChI=1S/C17H21NO3/c1-12(5-10-16(19)20)11-13(2)17(21)14-6-8-15(9-7-14)18(3)4/h5-11,13H,1-4H3,(H,19,20)/b10-5+,12-11+. The van der Waals surface area contributed by atoms with E-state index in [4.69, 9.17) is 5.11 Å². The van der Waals surface area contributed by atoms with Gasteiger partial charge in [-0.2, -0.15) is 0 Å². The lowest BCUT2D eigenvalue weighted by Gasteiger charge is -2.13. The molecule has 0 aliphatic carbocycles. The van der Waals surface area contributed by atoms with Crippen molar-refractivity contribution < 1.29 is 14.7 Å². The number of nitrogens with zero attached hydrogens (tertiary/aromatic N) is 1. The van der Waals surface area contributed by atoms with E-state index in [1.54, 1.807) is 19.9 Å². The highest BCUT2D eigenvalue weighted by Gasteiger charge is 2.13. The summed E-state index contributed by atoms with van der Waals surface area (Å²) in [7, 11) is 3.89. The Morgan fingerprint density at radius 3 is 2.19 bits per heavy atom. The molecule has 1 unspecified atom stereocenters. The zero-order valence-corrected chi connectivity index (χ0v) is 12.8. The maximum absolute atomic E-state index is 12.3. The van der Waals surface area contributed by atoms with Crippen LogP contribution in [0.5, 0.6) is 0 Å². The van der Waals surface area contributed by atoms with Crippen LogP contribution in [0.4, 0.5) is 5.69 Å². The number of carbonyl (C=O) groups excluding carboxylic acids is 1. The predicted molar refractivity (Wildman–Crippen MR) is 84.8 cm³/mol. The molecule has 0 fully saturated rings. The second-order valence-corrected chi connectivity index (χ2v) is 5.18. The van der Waals surface area contributed by atoms with Gasteiger partial charge in [-0.15, -0.1) is 0 Å². The monoisotopic (exact) mass is 287 g/mol. The number of rotatable bonds is 6. The Labute approximate surface area is 125 Å². The molecule has 1 aromatic carbocycles. The molecule has 112 valence electrons. The molecule has 1 atom stereocenters. The number of hydrogen-bond donors (Lipinski definition) is 1. The van der Waals surface area contributed by atoms with Crippen LogP contribution in [0.1, 0.15) is 24.2 Å². The van der Waals surface area contributed by atoms with E-state index in [2.05, 4.69) is 0 Å². The van der Waals surface area contributed by atoms with Crippen LogP contribution in [-0.2, 0) is 4.79 Å². The largest absolute Gasteiger partial charge is 0.478 e. The number of carbonyl (C=O) groups is 2. The molecule has 0 aliphatic heterocycles. The topological polar surface area (TPSA) is 57.6 Å². The van der Waals surface area contributed by atoms with Crippen LogP contribution in [0, 0.1) is 5.92 Å². The van der Waals surface area contributed by atoms with Crippen molar-refractivity contribution in [1.82, 2.24) is 0 Å². The van der Waals surface area contributed by atoms with Gasteiger partial charge in [0.15, 0.2) is 5.78 Å². The fourth-order valence-corrected chi connectivity index (χ4v) is 1.92. The van der Waals surface area contributed by atoms with Gasteiger partial charge in [0.2, 0.25) is 0 Å². The third-order valence-corrected chi connectivity index (χ3v) is 3.08. The first kappa shape index (κ1) is 16.7. The van der Waals surface area contributed by atoms with Crippen molar-refractivity contribution in [3.8, 4) is 0 Å². The molecule has 4 nitrogen and oxygen atoms in total. The summed E-state index contributed by atoms with van der Waals surface area (Å²) in [5.74, 6) is -1.28. The predicted octanol–water partition coefficient (Wildman–Crippen LogP) is 3.16. The van der Waals surface area contributed by atoms with E-state index in [1.165, 1.54) is 6.08 Å². The van der Waals surface area contributed by atoms with Crippen molar-refractivity contribution in [3.05, 3.63) is 53.6 Å². The molecule has 0 heterocycles. The molecule has 0 aromatic heterocycles. The van der Waals surface area contributed by atoms with Crippen molar-refractivity contribution in [2.75, 3.05) is 19.0 Å². The van der Waals surface area contributed by atoms with Gasteiger partial charge in [-0.05, 0) is 31.2 Å². The molecule has 0 aliphatic rings. The summed E-state index contributed by atoms with van der Waals surface area (Å²) in [6, 6.07) is 7.43. The lowest BCUT2D eigenvalue weighted by molar-refractivity contribution is -0.131. The molecule has 4 heteroatoms. The molecule has 21 heavy (non-hydrogen) atoms. The summed E-state index contributed by atoms with van der Waals surface area (Å²) in [5.41, 5.74) is 2.44. The molecule has 0 radical (unpaired) electrons. The molecule has 1 rings (SSSR count). The van der Waals surface area contributed by atoms with Gasteiger partial charge in [-0.3, -0.25) is 4.79 Å². The maximum Gasteiger partial charge on any atom is 0.328 e.